The normalized spacial score (nSPS) is 18.2. The zero-order chi connectivity index (χ0) is 23.6. The molecule has 180 valence electrons. The van der Waals surface area contributed by atoms with E-state index in [4.69, 9.17) is 14.7 Å². The van der Waals surface area contributed by atoms with Gasteiger partial charge in [-0.1, -0.05) is 61.4 Å². The van der Waals surface area contributed by atoms with E-state index in [9.17, 15) is 4.79 Å². The molecule has 35 heavy (non-hydrogen) atoms. The van der Waals surface area contributed by atoms with E-state index in [1.807, 2.05) is 29.2 Å². The van der Waals surface area contributed by atoms with Crippen molar-refractivity contribution in [1.29, 1.82) is 0 Å². The minimum atomic E-state index is 0.0535. The van der Waals surface area contributed by atoms with Crippen molar-refractivity contribution in [3.63, 3.8) is 0 Å². The first kappa shape index (κ1) is 22.0. The Morgan fingerprint density at radius 2 is 1.60 bits per heavy atom. The van der Waals surface area contributed by atoms with Crippen molar-refractivity contribution >= 4 is 23.4 Å². The second-order valence-electron chi connectivity index (χ2n) is 9.55. The van der Waals surface area contributed by atoms with Gasteiger partial charge in [-0.25, -0.2) is 4.98 Å². The fourth-order valence-electron chi connectivity index (χ4n) is 5.46. The number of hydrogen-bond acceptors (Lipinski definition) is 6. The second-order valence-corrected chi connectivity index (χ2v) is 9.55. The van der Waals surface area contributed by atoms with Gasteiger partial charge < -0.3 is 19.4 Å². The number of benzene rings is 2. The molecule has 2 fully saturated rings. The van der Waals surface area contributed by atoms with Crippen molar-refractivity contribution in [3.8, 4) is 0 Å². The summed E-state index contributed by atoms with van der Waals surface area (Å²) in [4.78, 5) is 30.1. The predicted octanol–water partition coefficient (Wildman–Crippen LogP) is 4.55. The van der Waals surface area contributed by atoms with Gasteiger partial charge in [-0.2, -0.15) is 4.98 Å². The standard InChI is InChI=1S/C28H31N5O2/c34-27-25-24(20-33(27)23-13-7-8-14-23)26(30-28(29-25)31-15-17-35-18-16-31)32(22-11-5-2-6-12-22)19-21-9-3-1-4-10-21/h1-6,9-12,23H,7-8,13-20H2. The summed E-state index contributed by atoms with van der Waals surface area (Å²) in [7, 11) is 0. The van der Waals surface area contributed by atoms with Crippen molar-refractivity contribution in [2.45, 2.75) is 44.8 Å². The molecule has 0 spiro atoms. The molecule has 2 aliphatic heterocycles. The van der Waals surface area contributed by atoms with E-state index in [1.165, 1.54) is 18.4 Å². The number of anilines is 3. The monoisotopic (exact) mass is 469 g/mol. The summed E-state index contributed by atoms with van der Waals surface area (Å²) >= 11 is 0. The number of amides is 1. The topological polar surface area (TPSA) is 61.8 Å². The first-order valence-electron chi connectivity index (χ1n) is 12.7. The Balaban J connectivity index is 1.47. The van der Waals surface area contributed by atoms with E-state index in [0.29, 0.717) is 44.0 Å². The average molecular weight is 470 g/mol. The van der Waals surface area contributed by atoms with Gasteiger partial charge in [0.25, 0.3) is 5.91 Å². The number of fused-ring (bicyclic) bond motifs is 1. The Morgan fingerprint density at radius 3 is 2.31 bits per heavy atom. The third-order valence-corrected chi connectivity index (χ3v) is 7.33. The molecule has 0 N–H and O–H groups in total. The molecule has 7 heteroatoms. The van der Waals surface area contributed by atoms with Gasteiger partial charge in [0.15, 0.2) is 0 Å². The largest absolute Gasteiger partial charge is 0.378 e. The first-order chi connectivity index (χ1) is 17.3. The molecule has 7 nitrogen and oxygen atoms in total. The van der Waals surface area contributed by atoms with Crippen LogP contribution in [0, 0.1) is 0 Å². The minimum absolute atomic E-state index is 0.0535. The van der Waals surface area contributed by atoms with Crippen molar-refractivity contribution in [1.82, 2.24) is 14.9 Å². The highest BCUT2D eigenvalue weighted by atomic mass is 16.5. The van der Waals surface area contributed by atoms with Crippen molar-refractivity contribution in [2.75, 3.05) is 36.1 Å². The number of carbonyl (C=O) groups excluding carboxylic acids is 1. The molecule has 1 aliphatic carbocycles. The lowest BCUT2D eigenvalue weighted by molar-refractivity contribution is 0.0703. The number of hydrogen-bond donors (Lipinski definition) is 0. The summed E-state index contributed by atoms with van der Waals surface area (Å²) in [5.74, 6) is 1.51. The SMILES string of the molecule is O=C1c2nc(N3CCOCC3)nc(N(Cc3ccccc3)c3ccccc3)c2CN1C1CCCC1. The van der Waals surface area contributed by atoms with Crippen LogP contribution in [0.4, 0.5) is 17.5 Å². The lowest BCUT2D eigenvalue weighted by Crippen LogP contribution is -2.38. The molecule has 1 aromatic heterocycles. The zero-order valence-corrected chi connectivity index (χ0v) is 20.0. The summed E-state index contributed by atoms with van der Waals surface area (Å²) in [6, 6.07) is 21.1. The van der Waals surface area contributed by atoms with Gasteiger partial charge in [0, 0.05) is 36.9 Å². The molecule has 0 unspecified atom stereocenters. The maximum absolute atomic E-state index is 13.7. The summed E-state index contributed by atoms with van der Waals surface area (Å²) < 4.78 is 5.56. The maximum atomic E-state index is 13.7. The lowest BCUT2D eigenvalue weighted by atomic mass is 10.1. The average Bonchev–Trinajstić information content (AvgIpc) is 3.57. The van der Waals surface area contributed by atoms with Crippen LogP contribution < -0.4 is 9.80 Å². The Bertz CT molecular complexity index is 1170. The molecule has 3 aromatic rings. The highest BCUT2D eigenvalue weighted by molar-refractivity contribution is 5.98. The molecule has 3 heterocycles. The molecule has 1 amide bonds. The Hall–Kier alpha value is -3.45. The molecule has 2 aromatic carbocycles. The quantitative estimate of drug-likeness (QED) is 0.528. The maximum Gasteiger partial charge on any atom is 0.273 e. The zero-order valence-electron chi connectivity index (χ0n) is 20.0. The van der Waals surface area contributed by atoms with Crippen LogP contribution in [-0.2, 0) is 17.8 Å². The first-order valence-corrected chi connectivity index (χ1v) is 12.7. The number of para-hydroxylation sites is 1. The fraction of sp³-hybridized carbons (Fsp3) is 0.393. The van der Waals surface area contributed by atoms with Crippen molar-refractivity contribution in [3.05, 3.63) is 77.5 Å². The van der Waals surface area contributed by atoms with E-state index < -0.39 is 0 Å². The highest BCUT2D eigenvalue weighted by Crippen LogP contribution is 2.38. The number of carbonyl (C=O) groups is 1. The fourth-order valence-corrected chi connectivity index (χ4v) is 5.46. The van der Waals surface area contributed by atoms with E-state index in [1.54, 1.807) is 0 Å². The lowest BCUT2D eigenvalue weighted by Gasteiger charge is -2.30. The summed E-state index contributed by atoms with van der Waals surface area (Å²) in [5, 5.41) is 0. The molecule has 0 atom stereocenters. The number of ether oxygens (including phenoxy) is 1. The summed E-state index contributed by atoms with van der Waals surface area (Å²) in [6.45, 7) is 3.98. The van der Waals surface area contributed by atoms with E-state index >= 15 is 0 Å². The smallest absolute Gasteiger partial charge is 0.273 e. The van der Waals surface area contributed by atoms with Gasteiger partial charge >= 0.3 is 0 Å². The van der Waals surface area contributed by atoms with Crippen LogP contribution in [0.15, 0.2) is 60.7 Å². The van der Waals surface area contributed by atoms with Crippen LogP contribution in [0.25, 0.3) is 0 Å². The van der Waals surface area contributed by atoms with Gasteiger partial charge in [0.05, 0.1) is 19.8 Å². The van der Waals surface area contributed by atoms with Crippen molar-refractivity contribution < 1.29 is 9.53 Å². The predicted molar refractivity (Wildman–Crippen MR) is 136 cm³/mol. The van der Waals surface area contributed by atoms with Gasteiger partial charge in [0.2, 0.25) is 5.95 Å². The number of nitrogens with zero attached hydrogens (tertiary/aromatic N) is 5. The van der Waals surface area contributed by atoms with E-state index in [-0.39, 0.29) is 5.91 Å². The highest BCUT2D eigenvalue weighted by Gasteiger charge is 2.39. The molecule has 0 bridgehead atoms. The van der Waals surface area contributed by atoms with Crippen LogP contribution in [0.1, 0.15) is 47.3 Å². The Morgan fingerprint density at radius 1 is 0.914 bits per heavy atom. The molecule has 3 aliphatic rings. The van der Waals surface area contributed by atoms with Gasteiger partial charge in [0.1, 0.15) is 11.5 Å². The van der Waals surface area contributed by atoms with Gasteiger partial charge in [-0.15, -0.1) is 0 Å². The van der Waals surface area contributed by atoms with Crippen LogP contribution >= 0.6 is 0 Å². The van der Waals surface area contributed by atoms with Crippen LogP contribution in [0.2, 0.25) is 0 Å². The van der Waals surface area contributed by atoms with Crippen LogP contribution in [-0.4, -0.2) is 53.1 Å². The second kappa shape index (κ2) is 9.66. The molecule has 1 saturated heterocycles. The van der Waals surface area contributed by atoms with E-state index in [0.717, 1.165) is 43.0 Å². The minimum Gasteiger partial charge on any atom is -0.378 e. The van der Waals surface area contributed by atoms with Crippen molar-refractivity contribution in [2.24, 2.45) is 0 Å². The summed E-state index contributed by atoms with van der Waals surface area (Å²) in [5.41, 5.74) is 3.75. The molecular formula is C28H31N5O2. The van der Waals surface area contributed by atoms with Gasteiger partial charge in [-0.3, -0.25) is 4.79 Å². The number of morpholine rings is 1. The molecule has 1 saturated carbocycles. The molecular weight excluding hydrogens is 438 g/mol. The Labute approximate surface area is 206 Å². The molecule has 0 radical (unpaired) electrons. The number of rotatable bonds is 6. The third kappa shape index (κ3) is 4.36. The van der Waals surface area contributed by atoms with E-state index in [2.05, 4.69) is 46.2 Å². The van der Waals surface area contributed by atoms with Crippen LogP contribution in [0.3, 0.4) is 0 Å². The summed E-state index contributed by atoms with van der Waals surface area (Å²) in [6.07, 6.45) is 4.52. The van der Waals surface area contributed by atoms with Crippen LogP contribution in [0.5, 0.6) is 0 Å². The molecule has 6 rings (SSSR count). The number of aromatic nitrogens is 2. The van der Waals surface area contributed by atoms with Gasteiger partial charge in [-0.05, 0) is 30.5 Å². The Kier molecular flexibility index (Phi) is 6.08. The third-order valence-electron chi connectivity index (χ3n) is 7.33.